The Morgan fingerprint density at radius 1 is 1.12 bits per heavy atom. The number of ether oxygens (including phenoxy) is 3. The number of methoxy groups -OCH3 is 2. The maximum Gasteiger partial charge on any atom is 0.253 e. The highest BCUT2D eigenvalue weighted by Crippen LogP contribution is 2.16. The monoisotopic (exact) mass is 350 g/mol. The van der Waals surface area contributed by atoms with Gasteiger partial charge in [0.05, 0.1) is 20.3 Å². The van der Waals surface area contributed by atoms with Crippen LogP contribution in [-0.2, 0) is 14.3 Å². The number of carbonyl (C=O) groups is 2. The standard InChI is InChI=1S/C18H26N2O5/c1-23-11-12-25-13-17(21)19-15-7-9-20(10-8-15)18(22)14-3-5-16(24-2)6-4-14/h3-6,15H,7-13H2,1-2H3,(H,19,21). The maximum absolute atomic E-state index is 12.5. The quantitative estimate of drug-likeness (QED) is 0.710. The molecule has 0 aliphatic carbocycles. The molecule has 1 saturated heterocycles. The average molecular weight is 350 g/mol. The molecule has 7 heteroatoms. The Kier molecular flexibility index (Phi) is 7.69. The zero-order valence-electron chi connectivity index (χ0n) is 14.8. The van der Waals surface area contributed by atoms with Gasteiger partial charge >= 0.3 is 0 Å². The van der Waals surface area contributed by atoms with Crippen molar-refractivity contribution in [1.29, 1.82) is 0 Å². The van der Waals surface area contributed by atoms with Crippen LogP contribution >= 0.6 is 0 Å². The van der Waals surface area contributed by atoms with E-state index in [0.717, 1.165) is 18.6 Å². The number of rotatable bonds is 8. The zero-order chi connectivity index (χ0) is 18.1. The number of piperidine rings is 1. The van der Waals surface area contributed by atoms with Crippen LogP contribution < -0.4 is 10.1 Å². The first-order chi connectivity index (χ1) is 12.1. The van der Waals surface area contributed by atoms with Crippen LogP contribution in [0.1, 0.15) is 23.2 Å². The Morgan fingerprint density at radius 3 is 2.40 bits per heavy atom. The summed E-state index contributed by atoms with van der Waals surface area (Å²) in [5.74, 6) is 0.608. The summed E-state index contributed by atoms with van der Waals surface area (Å²) in [6.45, 7) is 2.16. The van der Waals surface area contributed by atoms with E-state index >= 15 is 0 Å². The molecule has 1 aliphatic rings. The van der Waals surface area contributed by atoms with Crippen LogP contribution in [0.15, 0.2) is 24.3 Å². The number of likely N-dealkylation sites (tertiary alicyclic amines) is 1. The lowest BCUT2D eigenvalue weighted by Crippen LogP contribution is -2.47. The molecule has 0 spiro atoms. The van der Waals surface area contributed by atoms with Gasteiger partial charge in [0.2, 0.25) is 5.91 Å². The molecule has 0 atom stereocenters. The highest BCUT2D eigenvalue weighted by molar-refractivity contribution is 5.94. The predicted octanol–water partition coefficient (Wildman–Crippen LogP) is 1.08. The molecule has 1 N–H and O–H groups in total. The van der Waals surface area contributed by atoms with Gasteiger partial charge in [-0.25, -0.2) is 0 Å². The molecular formula is C18H26N2O5. The van der Waals surface area contributed by atoms with E-state index in [1.54, 1.807) is 38.5 Å². The SMILES string of the molecule is COCCOCC(=O)NC1CCN(C(=O)c2ccc(OC)cc2)CC1. The molecule has 1 aromatic rings. The second kappa shape index (κ2) is 10.0. The number of carbonyl (C=O) groups excluding carboxylic acids is 2. The summed E-state index contributed by atoms with van der Waals surface area (Å²) in [5.41, 5.74) is 0.648. The minimum absolute atomic E-state index is 0.00956. The van der Waals surface area contributed by atoms with Crippen molar-refractivity contribution >= 4 is 11.8 Å². The van der Waals surface area contributed by atoms with Crippen molar-refractivity contribution in [2.24, 2.45) is 0 Å². The van der Waals surface area contributed by atoms with E-state index < -0.39 is 0 Å². The van der Waals surface area contributed by atoms with Gasteiger partial charge in [-0.1, -0.05) is 0 Å². The Balaban J connectivity index is 1.73. The summed E-state index contributed by atoms with van der Waals surface area (Å²) in [6.07, 6.45) is 1.48. The van der Waals surface area contributed by atoms with Crippen LogP contribution in [0.25, 0.3) is 0 Å². The van der Waals surface area contributed by atoms with E-state index in [-0.39, 0.29) is 24.5 Å². The highest BCUT2D eigenvalue weighted by atomic mass is 16.5. The molecule has 2 amide bonds. The van der Waals surface area contributed by atoms with Crippen molar-refractivity contribution in [2.45, 2.75) is 18.9 Å². The molecule has 1 fully saturated rings. The molecule has 138 valence electrons. The van der Waals surface area contributed by atoms with Gasteiger partial charge in [-0.05, 0) is 37.1 Å². The van der Waals surface area contributed by atoms with Crippen LogP contribution in [-0.4, -0.2) is 69.9 Å². The summed E-state index contributed by atoms with van der Waals surface area (Å²) in [6, 6.07) is 7.19. The maximum atomic E-state index is 12.5. The number of nitrogens with one attached hydrogen (secondary N) is 1. The van der Waals surface area contributed by atoms with Gasteiger partial charge in [0.25, 0.3) is 5.91 Å². The number of hydrogen-bond acceptors (Lipinski definition) is 5. The lowest BCUT2D eigenvalue weighted by Gasteiger charge is -2.32. The van der Waals surface area contributed by atoms with Gasteiger partial charge in [-0.3, -0.25) is 9.59 Å². The van der Waals surface area contributed by atoms with Crippen LogP contribution in [0, 0.1) is 0 Å². The molecule has 7 nitrogen and oxygen atoms in total. The molecule has 1 aromatic carbocycles. The number of nitrogens with zero attached hydrogens (tertiary/aromatic N) is 1. The van der Waals surface area contributed by atoms with E-state index in [1.807, 2.05) is 4.90 Å². The van der Waals surface area contributed by atoms with Gasteiger partial charge < -0.3 is 24.4 Å². The Bertz CT molecular complexity index is 553. The van der Waals surface area contributed by atoms with E-state index in [2.05, 4.69) is 5.32 Å². The molecule has 1 aliphatic heterocycles. The first-order valence-corrected chi connectivity index (χ1v) is 8.43. The van der Waals surface area contributed by atoms with Gasteiger partial charge in [0.1, 0.15) is 12.4 Å². The number of amides is 2. The van der Waals surface area contributed by atoms with Gasteiger partial charge in [-0.2, -0.15) is 0 Å². The third-order valence-electron chi connectivity index (χ3n) is 4.15. The molecule has 2 rings (SSSR count). The van der Waals surface area contributed by atoms with Crippen molar-refractivity contribution < 1.29 is 23.8 Å². The van der Waals surface area contributed by atoms with E-state index in [0.29, 0.717) is 31.9 Å². The summed E-state index contributed by atoms with van der Waals surface area (Å²) in [7, 11) is 3.18. The second-order valence-corrected chi connectivity index (χ2v) is 5.91. The summed E-state index contributed by atoms with van der Waals surface area (Å²) < 4.78 is 15.2. The van der Waals surface area contributed by atoms with Crippen molar-refractivity contribution in [2.75, 3.05) is 47.1 Å². The molecule has 0 aromatic heterocycles. The van der Waals surface area contributed by atoms with Crippen molar-refractivity contribution in [1.82, 2.24) is 10.2 Å². The van der Waals surface area contributed by atoms with Crippen LogP contribution in [0.5, 0.6) is 5.75 Å². The molecule has 0 saturated carbocycles. The van der Waals surface area contributed by atoms with Crippen molar-refractivity contribution in [3.8, 4) is 5.75 Å². The normalized spacial score (nSPS) is 15.0. The van der Waals surface area contributed by atoms with Gasteiger partial charge in [-0.15, -0.1) is 0 Å². The lowest BCUT2D eigenvalue weighted by molar-refractivity contribution is -0.127. The summed E-state index contributed by atoms with van der Waals surface area (Å²) in [5, 5.41) is 2.95. The van der Waals surface area contributed by atoms with Crippen LogP contribution in [0.3, 0.4) is 0 Å². The fourth-order valence-electron chi connectivity index (χ4n) is 2.72. The first-order valence-electron chi connectivity index (χ1n) is 8.43. The number of benzene rings is 1. The molecular weight excluding hydrogens is 324 g/mol. The van der Waals surface area contributed by atoms with E-state index in [4.69, 9.17) is 14.2 Å². The lowest BCUT2D eigenvalue weighted by atomic mass is 10.0. The minimum Gasteiger partial charge on any atom is -0.497 e. The third-order valence-corrected chi connectivity index (χ3v) is 4.15. The molecule has 1 heterocycles. The number of hydrogen-bond donors (Lipinski definition) is 1. The van der Waals surface area contributed by atoms with Crippen molar-refractivity contribution in [3.63, 3.8) is 0 Å². The Labute approximate surface area is 148 Å². The van der Waals surface area contributed by atoms with E-state index in [9.17, 15) is 9.59 Å². The van der Waals surface area contributed by atoms with E-state index in [1.165, 1.54) is 0 Å². The third kappa shape index (κ3) is 6.03. The molecule has 0 bridgehead atoms. The predicted molar refractivity (Wildman–Crippen MR) is 92.8 cm³/mol. The fraction of sp³-hybridized carbons (Fsp3) is 0.556. The minimum atomic E-state index is -0.129. The summed E-state index contributed by atoms with van der Waals surface area (Å²) >= 11 is 0. The average Bonchev–Trinajstić information content (AvgIpc) is 2.65. The second-order valence-electron chi connectivity index (χ2n) is 5.91. The molecule has 0 radical (unpaired) electrons. The van der Waals surface area contributed by atoms with Crippen LogP contribution in [0.2, 0.25) is 0 Å². The summed E-state index contributed by atoms with van der Waals surface area (Å²) in [4.78, 5) is 26.1. The fourth-order valence-corrected chi connectivity index (χ4v) is 2.72. The smallest absolute Gasteiger partial charge is 0.253 e. The molecule has 0 unspecified atom stereocenters. The van der Waals surface area contributed by atoms with Crippen LogP contribution in [0.4, 0.5) is 0 Å². The van der Waals surface area contributed by atoms with Gasteiger partial charge in [0, 0.05) is 31.8 Å². The van der Waals surface area contributed by atoms with Crippen molar-refractivity contribution in [3.05, 3.63) is 29.8 Å². The largest absolute Gasteiger partial charge is 0.497 e. The Hall–Kier alpha value is -2.12. The zero-order valence-corrected chi connectivity index (χ0v) is 14.8. The van der Waals surface area contributed by atoms with Gasteiger partial charge in [0.15, 0.2) is 0 Å². The topological polar surface area (TPSA) is 77.1 Å². The Morgan fingerprint density at radius 2 is 1.80 bits per heavy atom. The molecule has 25 heavy (non-hydrogen) atoms. The first kappa shape index (κ1) is 19.2. The highest BCUT2D eigenvalue weighted by Gasteiger charge is 2.24.